The van der Waals surface area contributed by atoms with Gasteiger partial charge in [0, 0.05) is 23.3 Å². The van der Waals surface area contributed by atoms with Gasteiger partial charge in [-0.2, -0.15) is 0 Å². The number of fused-ring (bicyclic) bond motifs is 2. The van der Waals surface area contributed by atoms with Crippen molar-refractivity contribution in [2.45, 2.75) is 57.2 Å². The molecule has 158 valence electrons. The third-order valence-electron chi connectivity index (χ3n) is 6.20. The Bertz CT molecular complexity index is 944. The van der Waals surface area contributed by atoms with Crippen LogP contribution in [-0.2, 0) is 11.2 Å². The molecule has 2 aliphatic heterocycles. The maximum atomic E-state index is 13.2. The minimum absolute atomic E-state index is 0.0160. The van der Waals surface area contributed by atoms with Gasteiger partial charge in [-0.3, -0.25) is 9.59 Å². The lowest BCUT2D eigenvalue weighted by Gasteiger charge is -2.37. The summed E-state index contributed by atoms with van der Waals surface area (Å²) in [5.74, 6) is 0.556. The highest BCUT2D eigenvalue weighted by Crippen LogP contribution is 2.37. The second kappa shape index (κ2) is 8.48. The average Bonchev–Trinajstić information content (AvgIpc) is 3.00. The van der Waals surface area contributed by atoms with Gasteiger partial charge in [-0.05, 0) is 68.0 Å². The number of nitrogens with one attached hydrogen (secondary N) is 1. The van der Waals surface area contributed by atoms with Gasteiger partial charge in [0.05, 0.1) is 19.6 Å². The van der Waals surface area contributed by atoms with Crippen molar-refractivity contribution in [1.29, 1.82) is 0 Å². The summed E-state index contributed by atoms with van der Waals surface area (Å²) < 4.78 is 5.21. The second-order valence-electron chi connectivity index (χ2n) is 8.33. The van der Waals surface area contributed by atoms with E-state index in [0.29, 0.717) is 29.8 Å². The first-order chi connectivity index (χ1) is 14.4. The molecule has 6 heteroatoms. The average molecular weight is 408 g/mol. The van der Waals surface area contributed by atoms with Crippen LogP contribution >= 0.6 is 0 Å². The molecular formula is C24H28N2O4. The summed E-state index contributed by atoms with van der Waals surface area (Å²) >= 11 is 0. The molecule has 6 nitrogen and oxygen atoms in total. The Morgan fingerprint density at radius 2 is 1.87 bits per heavy atom. The molecule has 30 heavy (non-hydrogen) atoms. The van der Waals surface area contributed by atoms with E-state index < -0.39 is 0 Å². The van der Waals surface area contributed by atoms with E-state index in [4.69, 9.17) is 4.74 Å². The maximum Gasteiger partial charge on any atom is 0.254 e. The molecule has 2 heterocycles. The van der Waals surface area contributed by atoms with Gasteiger partial charge in [0.25, 0.3) is 5.91 Å². The van der Waals surface area contributed by atoms with Crippen LogP contribution in [-0.4, -0.2) is 47.1 Å². The maximum absolute atomic E-state index is 13.2. The van der Waals surface area contributed by atoms with Crippen LogP contribution < -0.4 is 10.1 Å². The molecule has 4 rings (SSSR count). The summed E-state index contributed by atoms with van der Waals surface area (Å²) in [5, 5.41) is 12.9. The van der Waals surface area contributed by atoms with Gasteiger partial charge in [0.2, 0.25) is 5.91 Å². The molecule has 2 aromatic carbocycles. The van der Waals surface area contributed by atoms with Crippen molar-refractivity contribution < 1.29 is 19.4 Å². The molecule has 2 bridgehead atoms. The summed E-state index contributed by atoms with van der Waals surface area (Å²) in [6, 6.07) is 13.1. The van der Waals surface area contributed by atoms with E-state index >= 15 is 0 Å². The topological polar surface area (TPSA) is 78.9 Å². The molecule has 0 aromatic heterocycles. The quantitative estimate of drug-likeness (QED) is 0.796. The Kier molecular flexibility index (Phi) is 5.77. The van der Waals surface area contributed by atoms with Crippen molar-refractivity contribution in [2.24, 2.45) is 0 Å². The number of carbonyl (C=O) groups is 2. The molecule has 0 radical (unpaired) electrons. The normalized spacial score (nSPS) is 22.6. The molecule has 2 aliphatic rings. The fraction of sp³-hybridized carbons (Fsp3) is 0.417. The van der Waals surface area contributed by atoms with Gasteiger partial charge in [-0.15, -0.1) is 0 Å². The number of piperidine rings is 1. The number of benzene rings is 2. The van der Waals surface area contributed by atoms with Crippen LogP contribution in [0.2, 0.25) is 0 Å². The van der Waals surface area contributed by atoms with Gasteiger partial charge in [0.15, 0.2) is 0 Å². The zero-order valence-electron chi connectivity index (χ0n) is 17.4. The third kappa shape index (κ3) is 4.19. The highest BCUT2D eigenvalue weighted by atomic mass is 16.5. The number of rotatable bonds is 5. The van der Waals surface area contributed by atoms with Crippen LogP contribution in [0.15, 0.2) is 42.5 Å². The number of amides is 2. The Hall–Kier alpha value is -2.86. The standard InChI is InChI=1S/C24H28N2O4/c1-15-6-7-17(24(29)26-18-8-9-19(26)14-20(27)13-18)12-22(15)25-23(28)11-16-4-3-5-21(10-16)30-2/h3-7,10,12,18-20,27H,8-9,11,13-14H2,1-2H3,(H,25,28)/t18-,19+,20?. The Morgan fingerprint density at radius 3 is 2.57 bits per heavy atom. The largest absolute Gasteiger partial charge is 0.497 e. The second-order valence-corrected chi connectivity index (χ2v) is 8.33. The number of anilines is 1. The van der Waals surface area contributed by atoms with E-state index in [9.17, 15) is 14.7 Å². The van der Waals surface area contributed by atoms with Gasteiger partial charge >= 0.3 is 0 Å². The van der Waals surface area contributed by atoms with Crippen LogP contribution in [0.3, 0.4) is 0 Å². The summed E-state index contributed by atoms with van der Waals surface area (Å²) in [6.07, 6.45) is 3.11. The van der Waals surface area contributed by atoms with Crippen molar-refractivity contribution in [2.75, 3.05) is 12.4 Å². The molecule has 0 aliphatic carbocycles. The number of hydrogen-bond donors (Lipinski definition) is 2. The van der Waals surface area contributed by atoms with Crippen molar-refractivity contribution in [3.8, 4) is 5.75 Å². The molecule has 3 atom stereocenters. The molecule has 2 aromatic rings. The lowest BCUT2D eigenvalue weighted by atomic mass is 9.98. The van der Waals surface area contributed by atoms with Gasteiger partial charge in [0.1, 0.15) is 5.75 Å². The van der Waals surface area contributed by atoms with E-state index in [1.54, 1.807) is 13.2 Å². The highest BCUT2D eigenvalue weighted by Gasteiger charge is 2.42. The van der Waals surface area contributed by atoms with Crippen molar-refractivity contribution in [1.82, 2.24) is 4.90 Å². The Balaban J connectivity index is 1.48. The monoisotopic (exact) mass is 408 g/mol. The first kappa shape index (κ1) is 20.4. The summed E-state index contributed by atoms with van der Waals surface area (Å²) in [5.41, 5.74) is 2.99. The Labute approximate surface area is 176 Å². The molecule has 0 saturated carbocycles. The number of hydrogen-bond acceptors (Lipinski definition) is 4. The minimum Gasteiger partial charge on any atom is -0.497 e. The Morgan fingerprint density at radius 1 is 1.13 bits per heavy atom. The van der Waals surface area contributed by atoms with Crippen LogP contribution in [0.1, 0.15) is 47.2 Å². The van der Waals surface area contributed by atoms with Crippen molar-refractivity contribution in [3.63, 3.8) is 0 Å². The fourth-order valence-electron chi connectivity index (χ4n) is 4.68. The molecule has 2 fully saturated rings. The summed E-state index contributed by atoms with van der Waals surface area (Å²) in [4.78, 5) is 27.7. The zero-order chi connectivity index (χ0) is 21.3. The fourth-order valence-corrected chi connectivity index (χ4v) is 4.68. The number of nitrogens with zero attached hydrogens (tertiary/aromatic N) is 1. The van der Waals surface area contributed by atoms with E-state index in [0.717, 1.165) is 24.0 Å². The first-order valence-electron chi connectivity index (χ1n) is 10.5. The van der Waals surface area contributed by atoms with Crippen LogP contribution in [0.5, 0.6) is 5.75 Å². The van der Waals surface area contributed by atoms with E-state index in [1.807, 2.05) is 48.2 Å². The van der Waals surface area contributed by atoms with Gasteiger partial charge in [-0.1, -0.05) is 18.2 Å². The number of methoxy groups -OCH3 is 1. The lowest BCUT2D eigenvalue weighted by molar-refractivity contribution is -0.115. The molecule has 1 unspecified atom stereocenters. The first-order valence-corrected chi connectivity index (χ1v) is 10.5. The van der Waals surface area contributed by atoms with Gasteiger partial charge < -0.3 is 20.1 Å². The molecule has 2 saturated heterocycles. The number of aliphatic hydroxyl groups excluding tert-OH is 1. The molecular weight excluding hydrogens is 380 g/mol. The van der Waals surface area contributed by atoms with E-state index in [1.165, 1.54) is 0 Å². The van der Waals surface area contributed by atoms with Crippen LogP contribution in [0.4, 0.5) is 5.69 Å². The smallest absolute Gasteiger partial charge is 0.254 e. The van der Waals surface area contributed by atoms with Crippen molar-refractivity contribution >= 4 is 17.5 Å². The lowest BCUT2D eigenvalue weighted by Crippen LogP contribution is -2.48. The predicted molar refractivity (Wildman–Crippen MR) is 115 cm³/mol. The van der Waals surface area contributed by atoms with Crippen LogP contribution in [0.25, 0.3) is 0 Å². The van der Waals surface area contributed by atoms with Crippen molar-refractivity contribution in [3.05, 3.63) is 59.2 Å². The highest BCUT2D eigenvalue weighted by molar-refractivity contribution is 5.98. The van der Waals surface area contributed by atoms with E-state index in [-0.39, 0.29) is 36.4 Å². The molecule has 0 spiro atoms. The molecule has 2 amide bonds. The third-order valence-corrected chi connectivity index (χ3v) is 6.20. The number of aliphatic hydroxyl groups is 1. The van der Waals surface area contributed by atoms with Gasteiger partial charge in [-0.25, -0.2) is 0 Å². The number of ether oxygens (including phenoxy) is 1. The zero-order valence-corrected chi connectivity index (χ0v) is 17.4. The summed E-state index contributed by atoms with van der Waals surface area (Å²) in [6.45, 7) is 1.91. The minimum atomic E-state index is -0.309. The summed E-state index contributed by atoms with van der Waals surface area (Å²) in [7, 11) is 1.60. The molecule has 2 N–H and O–H groups in total. The van der Waals surface area contributed by atoms with E-state index in [2.05, 4.69) is 5.32 Å². The number of carbonyl (C=O) groups excluding carboxylic acids is 2. The predicted octanol–water partition coefficient (Wildman–Crippen LogP) is 3.31. The SMILES string of the molecule is COc1cccc(CC(=O)Nc2cc(C(=O)N3[C@@H]4CC[C@H]3CC(O)C4)ccc2C)c1. The number of aryl methyl sites for hydroxylation is 1. The van der Waals surface area contributed by atoms with Crippen LogP contribution in [0, 0.1) is 6.92 Å².